The summed E-state index contributed by atoms with van der Waals surface area (Å²) in [7, 11) is 0. The van der Waals surface area contributed by atoms with Crippen LogP contribution in [0, 0.1) is 0 Å². The van der Waals surface area contributed by atoms with Gasteiger partial charge in [-0.1, -0.05) is 43.2 Å². The van der Waals surface area contributed by atoms with E-state index in [0.29, 0.717) is 6.04 Å². The first-order chi connectivity index (χ1) is 16.3. The fourth-order valence-electron chi connectivity index (χ4n) is 4.72. The number of aromatic nitrogens is 2. The molecule has 6 heteroatoms. The average Bonchev–Trinajstić information content (AvgIpc) is 3.10. The van der Waals surface area contributed by atoms with Crippen LogP contribution >= 0.6 is 0 Å². The fraction of sp³-hybridized carbons (Fsp3) is 0.407. The third kappa shape index (κ3) is 6.02. The highest BCUT2D eigenvalue weighted by Gasteiger charge is 2.23. The molecular formula is C27H33N5O. The Morgan fingerprint density at radius 1 is 0.848 bits per heavy atom. The summed E-state index contributed by atoms with van der Waals surface area (Å²) in [6.07, 6.45) is 8.15. The monoisotopic (exact) mass is 443 g/mol. The molecule has 3 aromatic rings. The number of benzene rings is 2. The van der Waals surface area contributed by atoms with Gasteiger partial charge < -0.3 is 15.0 Å². The van der Waals surface area contributed by atoms with Gasteiger partial charge in [-0.2, -0.15) is 4.98 Å². The van der Waals surface area contributed by atoms with E-state index in [1.807, 2.05) is 42.6 Å². The molecule has 3 heterocycles. The molecule has 2 aromatic carbocycles. The summed E-state index contributed by atoms with van der Waals surface area (Å²) in [5, 5.41) is 3.58. The van der Waals surface area contributed by atoms with Crippen LogP contribution in [-0.2, 0) is 6.54 Å². The van der Waals surface area contributed by atoms with Crippen LogP contribution in [0.4, 0.5) is 11.8 Å². The topological polar surface area (TPSA) is 53.5 Å². The van der Waals surface area contributed by atoms with E-state index in [1.54, 1.807) is 0 Å². The number of nitrogens with one attached hydrogen (secondary N) is 1. The standard InChI is InChI=1S/C27H33N5O/c1-2-7-18-32(17-6-1)26-14-16-28-27(30-26)29-23-15-19-31(21-23)20-22-10-12-25(13-11-22)33-24-8-4-3-5-9-24/h3-5,8-14,16,23H,1-2,6-7,15,17-21H2,(H,28,29,30). The van der Waals surface area contributed by atoms with Gasteiger partial charge in [-0.3, -0.25) is 4.90 Å². The van der Waals surface area contributed by atoms with Crippen molar-refractivity contribution in [1.29, 1.82) is 0 Å². The number of anilines is 2. The molecule has 1 atom stereocenters. The number of ether oxygens (including phenoxy) is 1. The second kappa shape index (κ2) is 10.7. The number of hydrogen-bond acceptors (Lipinski definition) is 6. The van der Waals surface area contributed by atoms with Crippen LogP contribution in [0.15, 0.2) is 66.9 Å². The van der Waals surface area contributed by atoms with Gasteiger partial charge in [-0.05, 0) is 55.2 Å². The second-order valence-corrected chi connectivity index (χ2v) is 9.06. The zero-order valence-electron chi connectivity index (χ0n) is 19.2. The number of hydrogen-bond donors (Lipinski definition) is 1. The van der Waals surface area contributed by atoms with Crippen molar-refractivity contribution >= 4 is 11.8 Å². The molecule has 0 radical (unpaired) electrons. The van der Waals surface area contributed by atoms with Gasteiger partial charge in [0.25, 0.3) is 0 Å². The van der Waals surface area contributed by atoms with Crippen molar-refractivity contribution in [2.24, 2.45) is 0 Å². The minimum absolute atomic E-state index is 0.380. The normalized spacial score (nSPS) is 19.3. The van der Waals surface area contributed by atoms with E-state index in [1.165, 1.54) is 31.2 Å². The van der Waals surface area contributed by atoms with Gasteiger partial charge in [0.2, 0.25) is 5.95 Å². The summed E-state index contributed by atoms with van der Waals surface area (Å²) in [6, 6.07) is 20.7. The van der Waals surface area contributed by atoms with Gasteiger partial charge in [0, 0.05) is 45.0 Å². The van der Waals surface area contributed by atoms with Crippen LogP contribution in [0.3, 0.4) is 0 Å². The smallest absolute Gasteiger partial charge is 0.224 e. The Morgan fingerprint density at radius 3 is 2.39 bits per heavy atom. The van der Waals surface area contributed by atoms with Gasteiger partial charge in [-0.15, -0.1) is 0 Å². The molecular weight excluding hydrogens is 410 g/mol. The highest BCUT2D eigenvalue weighted by Crippen LogP contribution is 2.23. The van der Waals surface area contributed by atoms with Crippen LogP contribution in [0.1, 0.15) is 37.7 Å². The fourth-order valence-corrected chi connectivity index (χ4v) is 4.72. The Hall–Kier alpha value is -3.12. The predicted molar refractivity (Wildman–Crippen MR) is 133 cm³/mol. The molecule has 0 saturated carbocycles. The van der Waals surface area contributed by atoms with Crippen molar-refractivity contribution in [2.45, 2.75) is 44.7 Å². The maximum Gasteiger partial charge on any atom is 0.224 e. The number of nitrogens with zero attached hydrogens (tertiary/aromatic N) is 4. The minimum Gasteiger partial charge on any atom is -0.457 e. The molecule has 2 saturated heterocycles. The summed E-state index contributed by atoms with van der Waals surface area (Å²) in [4.78, 5) is 14.2. The summed E-state index contributed by atoms with van der Waals surface area (Å²) in [6.45, 7) is 5.22. The first-order valence-corrected chi connectivity index (χ1v) is 12.2. The third-order valence-electron chi connectivity index (χ3n) is 6.48. The minimum atomic E-state index is 0.380. The zero-order chi connectivity index (χ0) is 22.3. The lowest BCUT2D eigenvalue weighted by Crippen LogP contribution is -2.28. The van der Waals surface area contributed by atoms with Gasteiger partial charge in [0.15, 0.2) is 0 Å². The summed E-state index contributed by atoms with van der Waals surface area (Å²) in [5.74, 6) is 3.54. The van der Waals surface area contributed by atoms with E-state index in [-0.39, 0.29) is 0 Å². The van der Waals surface area contributed by atoms with Crippen molar-refractivity contribution < 1.29 is 4.74 Å². The molecule has 33 heavy (non-hydrogen) atoms. The van der Waals surface area contributed by atoms with Crippen molar-refractivity contribution in [3.05, 3.63) is 72.4 Å². The molecule has 1 N–H and O–H groups in total. The van der Waals surface area contributed by atoms with Crippen LogP contribution in [0.2, 0.25) is 0 Å². The van der Waals surface area contributed by atoms with Crippen LogP contribution in [-0.4, -0.2) is 47.1 Å². The molecule has 2 aliphatic rings. The SMILES string of the molecule is c1ccc(Oc2ccc(CN3CCC(Nc4nccc(N5CCCCCC5)n4)C3)cc2)cc1. The Kier molecular flexibility index (Phi) is 7.02. The van der Waals surface area contributed by atoms with Crippen LogP contribution in [0.25, 0.3) is 0 Å². The van der Waals surface area contributed by atoms with E-state index >= 15 is 0 Å². The quantitative estimate of drug-likeness (QED) is 0.532. The maximum atomic E-state index is 5.91. The van der Waals surface area contributed by atoms with E-state index in [9.17, 15) is 0 Å². The predicted octanol–water partition coefficient (Wildman–Crippen LogP) is 5.34. The second-order valence-electron chi connectivity index (χ2n) is 9.06. The van der Waals surface area contributed by atoms with Gasteiger partial charge in [-0.25, -0.2) is 4.98 Å². The van der Waals surface area contributed by atoms with Crippen molar-refractivity contribution in [1.82, 2.24) is 14.9 Å². The molecule has 0 amide bonds. The van der Waals surface area contributed by atoms with Crippen molar-refractivity contribution in [2.75, 3.05) is 36.4 Å². The third-order valence-corrected chi connectivity index (χ3v) is 6.48. The Morgan fingerprint density at radius 2 is 1.61 bits per heavy atom. The summed E-state index contributed by atoms with van der Waals surface area (Å²) in [5.41, 5.74) is 1.30. The highest BCUT2D eigenvalue weighted by atomic mass is 16.5. The first-order valence-electron chi connectivity index (χ1n) is 12.2. The zero-order valence-corrected chi connectivity index (χ0v) is 19.2. The van der Waals surface area contributed by atoms with Crippen LogP contribution < -0.4 is 15.0 Å². The number of likely N-dealkylation sites (tertiary alicyclic amines) is 1. The van der Waals surface area contributed by atoms with Crippen molar-refractivity contribution in [3.8, 4) is 11.5 Å². The Bertz CT molecular complexity index is 1000. The molecule has 172 valence electrons. The molecule has 0 bridgehead atoms. The molecule has 0 spiro atoms. The van der Waals surface area contributed by atoms with Gasteiger partial charge >= 0.3 is 0 Å². The first kappa shape index (κ1) is 21.7. The van der Waals surface area contributed by atoms with E-state index in [2.05, 4.69) is 44.4 Å². The molecule has 0 aliphatic carbocycles. The molecule has 2 fully saturated rings. The highest BCUT2D eigenvalue weighted by molar-refractivity contribution is 5.43. The number of rotatable bonds is 7. The lowest BCUT2D eigenvalue weighted by atomic mass is 10.2. The van der Waals surface area contributed by atoms with Gasteiger partial charge in [0.1, 0.15) is 17.3 Å². The Balaban J connectivity index is 1.12. The lowest BCUT2D eigenvalue weighted by molar-refractivity contribution is 0.328. The molecule has 1 unspecified atom stereocenters. The molecule has 6 nitrogen and oxygen atoms in total. The molecule has 1 aromatic heterocycles. The lowest BCUT2D eigenvalue weighted by Gasteiger charge is -2.22. The molecule has 5 rings (SSSR count). The number of para-hydroxylation sites is 1. The van der Waals surface area contributed by atoms with Gasteiger partial charge in [0.05, 0.1) is 0 Å². The Labute approximate surface area is 196 Å². The maximum absolute atomic E-state index is 5.91. The molecule has 2 aliphatic heterocycles. The largest absolute Gasteiger partial charge is 0.457 e. The van der Waals surface area contributed by atoms with E-state index < -0.39 is 0 Å². The van der Waals surface area contributed by atoms with E-state index in [0.717, 1.165) is 62.4 Å². The van der Waals surface area contributed by atoms with Crippen molar-refractivity contribution in [3.63, 3.8) is 0 Å². The van der Waals surface area contributed by atoms with E-state index in [4.69, 9.17) is 9.72 Å². The summed E-state index contributed by atoms with van der Waals surface area (Å²) >= 11 is 0. The average molecular weight is 444 g/mol. The summed E-state index contributed by atoms with van der Waals surface area (Å²) < 4.78 is 5.91. The van der Waals surface area contributed by atoms with Crippen LogP contribution in [0.5, 0.6) is 11.5 Å².